The first kappa shape index (κ1) is 20.5. The predicted molar refractivity (Wildman–Crippen MR) is 101 cm³/mol. The van der Waals surface area contributed by atoms with Crippen molar-refractivity contribution in [2.45, 2.75) is 25.2 Å². The molecule has 0 aliphatic carbocycles. The van der Waals surface area contributed by atoms with Crippen LogP contribution in [0.3, 0.4) is 0 Å². The molecule has 3 N–H and O–H groups in total. The molecule has 29 heavy (non-hydrogen) atoms. The molecule has 11 heteroatoms. The molecule has 7 nitrogen and oxygen atoms in total. The molecule has 1 aliphatic heterocycles. The second-order valence-corrected chi connectivity index (χ2v) is 6.93. The Labute approximate surface area is 167 Å². The number of alkyl halides is 3. The number of amides is 2. The first-order valence-electron chi connectivity index (χ1n) is 8.26. The van der Waals surface area contributed by atoms with E-state index in [9.17, 15) is 27.6 Å². The summed E-state index contributed by atoms with van der Waals surface area (Å²) in [4.78, 5) is 39.7. The molecule has 0 saturated carbocycles. The zero-order chi connectivity index (χ0) is 21.6. The van der Waals surface area contributed by atoms with Crippen LogP contribution in [-0.2, 0) is 16.9 Å². The summed E-state index contributed by atoms with van der Waals surface area (Å²) >= 11 is 5.02. The van der Waals surface area contributed by atoms with Crippen LogP contribution >= 0.6 is 12.2 Å². The van der Waals surface area contributed by atoms with E-state index in [2.05, 4.69) is 16.9 Å². The normalized spacial score (nSPS) is 18.1. The standard InChI is InChI=1S/C18H15F3N4O3S/c1-9(2)8-25-12-11(14(27)23-16(25)29)17(15(28)22-12,18(19,20)21)24-13(26)10-6-4-3-5-7-10/h3-7H,1,8H2,2H3,(H,22,28)(H,24,26)(H,23,27,29)/t17-/m1/s1. The van der Waals surface area contributed by atoms with Crippen LogP contribution < -0.4 is 16.2 Å². The molecule has 2 amide bonds. The summed E-state index contributed by atoms with van der Waals surface area (Å²) in [5.41, 5.74) is -5.38. The maximum absolute atomic E-state index is 14.2. The lowest BCUT2D eigenvalue weighted by molar-refractivity contribution is -0.196. The van der Waals surface area contributed by atoms with E-state index in [1.165, 1.54) is 24.3 Å². The molecule has 0 spiro atoms. The second-order valence-electron chi connectivity index (χ2n) is 6.55. The Morgan fingerprint density at radius 2 is 1.90 bits per heavy atom. The molecule has 0 saturated heterocycles. The van der Waals surface area contributed by atoms with Gasteiger partial charge in [0.25, 0.3) is 22.9 Å². The number of H-pyrrole nitrogens is 1. The topological polar surface area (TPSA) is 96.0 Å². The number of hydrogen-bond acceptors (Lipinski definition) is 4. The van der Waals surface area contributed by atoms with Gasteiger partial charge < -0.3 is 15.2 Å². The highest BCUT2D eigenvalue weighted by Gasteiger charge is 2.68. The van der Waals surface area contributed by atoms with E-state index in [1.807, 2.05) is 0 Å². The molecule has 0 unspecified atom stereocenters. The smallest absolute Gasteiger partial charge is 0.326 e. The van der Waals surface area contributed by atoms with Crippen molar-refractivity contribution in [3.05, 3.63) is 68.7 Å². The Morgan fingerprint density at radius 1 is 1.28 bits per heavy atom. The lowest BCUT2D eigenvalue weighted by Crippen LogP contribution is -2.61. The van der Waals surface area contributed by atoms with E-state index in [-0.39, 0.29) is 16.9 Å². The maximum Gasteiger partial charge on any atom is 0.425 e. The molecule has 2 heterocycles. The SMILES string of the molecule is C=C(C)Cn1c2c(c(=O)[nH]c1=S)[C@](NC(=O)c1ccccc1)(C(F)(F)F)C(=O)N2. The molecule has 3 rings (SSSR count). The number of aromatic nitrogens is 2. The van der Waals surface area contributed by atoms with Gasteiger partial charge >= 0.3 is 6.18 Å². The summed E-state index contributed by atoms with van der Waals surface area (Å²) < 4.78 is 43.6. The average Bonchev–Trinajstić information content (AvgIpc) is 2.93. The molecule has 2 aromatic rings. The fraction of sp³-hybridized carbons (Fsp3) is 0.222. The summed E-state index contributed by atoms with van der Waals surface area (Å²) in [6.07, 6.45) is -5.32. The highest BCUT2D eigenvalue weighted by Crippen LogP contribution is 2.45. The Balaban J connectivity index is 2.27. The lowest BCUT2D eigenvalue weighted by atomic mass is 9.91. The second kappa shape index (κ2) is 6.99. The van der Waals surface area contributed by atoms with Crippen molar-refractivity contribution >= 4 is 29.9 Å². The van der Waals surface area contributed by atoms with Gasteiger partial charge in [-0.25, -0.2) is 0 Å². The number of carbonyl (C=O) groups excluding carboxylic acids is 2. The number of nitrogens with zero attached hydrogens (tertiary/aromatic N) is 1. The van der Waals surface area contributed by atoms with Crippen molar-refractivity contribution in [1.29, 1.82) is 0 Å². The Morgan fingerprint density at radius 3 is 2.45 bits per heavy atom. The quantitative estimate of drug-likeness (QED) is 0.519. The summed E-state index contributed by atoms with van der Waals surface area (Å²) in [5.74, 6) is -3.21. The van der Waals surface area contributed by atoms with E-state index < -0.39 is 40.5 Å². The molecule has 1 aliphatic rings. The average molecular weight is 424 g/mol. The van der Waals surface area contributed by atoms with Gasteiger partial charge in [0.1, 0.15) is 11.4 Å². The van der Waals surface area contributed by atoms with E-state index in [4.69, 9.17) is 12.2 Å². The van der Waals surface area contributed by atoms with Crippen LogP contribution in [-0.4, -0.2) is 27.5 Å². The van der Waals surface area contributed by atoms with Gasteiger partial charge in [0, 0.05) is 12.1 Å². The highest BCUT2D eigenvalue weighted by molar-refractivity contribution is 7.71. The summed E-state index contributed by atoms with van der Waals surface area (Å²) in [7, 11) is 0. The molecular formula is C18H15F3N4O3S. The van der Waals surface area contributed by atoms with Crippen LogP contribution in [0.4, 0.5) is 19.0 Å². The summed E-state index contributed by atoms with van der Waals surface area (Å²) in [6, 6.07) is 7.05. The van der Waals surface area contributed by atoms with E-state index in [0.29, 0.717) is 5.57 Å². The third-order valence-electron chi connectivity index (χ3n) is 4.34. The number of fused-ring (bicyclic) bond motifs is 1. The van der Waals surface area contributed by atoms with Crippen molar-refractivity contribution in [3.63, 3.8) is 0 Å². The Kier molecular flexibility index (Phi) is 4.95. The highest BCUT2D eigenvalue weighted by atomic mass is 32.1. The molecule has 0 bridgehead atoms. The van der Waals surface area contributed by atoms with Crippen LogP contribution in [0.1, 0.15) is 22.8 Å². The molecule has 0 radical (unpaired) electrons. The largest absolute Gasteiger partial charge is 0.425 e. The minimum absolute atomic E-state index is 0.0429. The van der Waals surface area contributed by atoms with Crippen molar-refractivity contribution in [2.24, 2.45) is 0 Å². The van der Waals surface area contributed by atoms with Crippen molar-refractivity contribution in [3.8, 4) is 0 Å². The van der Waals surface area contributed by atoms with Crippen LogP contribution in [0, 0.1) is 4.77 Å². The minimum Gasteiger partial charge on any atom is -0.326 e. The van der Waals surface area contributed by atoms with E-state index in [1.54, 1.807) is 18.3 Å². The minimum atomic E-state index is -5.32. The maximum atomic E-state index is 14.2. The zero-order valence-electron chi connectivity index (χ0n) is 15.0. The number of anilines is 1. The van der Waals surface area contributed by atoms with Gasteiger partial charge in [-0.2, -0.15) is 13.2 Å². The summed E-state index contributed by atoms with van der Waals surface area (Å²) in [5, 5.41) is 3.80. The van der Waals surface area contributed by atoms with Crippen LogP contribution in [0.15, 0.2) is 47.3 Å². The van der Waals surface area contributed by atoms with Gasteiger partial charge in [0.2, 0.25) is 0 Å². The number of aromatic amines is 1. The fourth-order valence-electron chi connectivity index (χ4n) is 3.08. The Bertz CT molecular complexity index is 1140. The van der Waals surface area contributed by atoms with Gasteiger partial charge in [-0.1, -0.05) is 30.4 Å². The number of hydrogen-bond donors (Lipinski definition) is 3. The van der Waals surface area contributed by atoms with Crippen molar-refractivity contribution < 1.29 is 22.8 Å². The van der Waals surface area contributed by atoms with Gasteiger partial charge in [-0.3, -0.25) is 19.4 Å². The zero-order valence-corrected chi connectivity index (χ0v) is 15.8. The van der Waals surface area contributed by atoms with E-state index >= 15 is 0 Å². The van der Waals surface area contributed by atoms with E-state index in [0.717, 1.165) is 4.57 Å². The molecular weight excluding hydrogens is 409 g/mol. The van der Waals surface area contributed by atoms with Crippen LogP contribution in [0.2, 0.25) is 0 Å². The van der Waals surface area contributed by atoms with Crippen LogP contribution in [0.5, 0.6) is 0 Å². The third-order valence-corrected chi connectivity index (χ3v) is 4.66. The molecule has 1 aromatic carbocycles. The van der Waals surface area contributed by atoms with Crippen molar-refractivity contribution in [2.75, 3.05) is 5.32 Å². The number of carbonyl (C=O) groups is 2. The van der Waals surface area contributed by atoms with Gasteiger partial charge in [-0.05, 0) is 31.3 Å². The number of rotatable bonds is 4. The Hall–Kier alpha value is -3.21. The predicted octanol–water partition coefficient (Wildman–Crippen LogP) is 2.62. The van der Waals surface area contributed by atoms with Gasteiger partial charge in [-0.15, -0.1) is 0 Å². The number of benzene rings is 1. The molecule has 1 aromatic heterocycles. The molecule has 1 atom stereocenters. The number of nitrogens with one attached hydrogen (secondary N) is 3. The number of allylic oxidation sites excluding steroid dienone is 1. The van der Waals surface area contributed by atoms with Gasteiger partial charge in [0.15, 0.2) is 4.77 Å². The fourth-order valence-corrected chi connectivity index (χ4v) is 3.33. The molecule has 152 valence electrons. The first-order chi connectivity index (χ1) is 13.5. The number of halogens is 3. The monoisotopic (exact) mass is 424 g/mol. The lowest BCUT2D eigenvalue weighted by Gasteiger charge is -2.30. The van der Waals surface area contributed by atoms with Gasteiger partial charge in [0.05, 0.1) is 0 Å². The third kappa shape index (κ3) is 3.27. The van der Waals surface area contributed by atoms with Crippen LogP contribution in [0.25, 0.3) is 0 Å². The van der Waals surface area contributed by atoms with Crippen molar-refractivity contribution in [1.82, 2.24) is 14.9 Å². The molecule has 0 fully saturated rings. The first-order valence-corrected chi connectivity index (χ1v) is 8.67. The summed E-state index contributed by atoms with van der Waals surface area (Å²) in [6.45, 7) is 5.23.